The topological polar surface area (TPSA) is 69.6 Å². The minimum absolute atomic E-state index is 0.0667. The highest BCUT2D eigenvalue weighted by atomic mass is 19.3. The van der Waals surface area contributed by atoms with Gasteiger partial charge in [-0.2, -0.15) is 0 Å². The summed E-state index contributed by atoms with van der Waals surface area (Å²) < 4.78 is 28.8. The van der Waals surface area contributed by atoms with E-state index in [1.54, 1.807) is 24.5 Å². The molecule has 0 fully saturated rings. The maximum atomic E-state index is 13.3. The van der Waals surface area contributed by atoms with Crippen molar-refractivity contribution in [3.8, 4) is 0 Å². The van der Waals surface area contributed by atoms with Gasteiger partial charge < -0.3 is 10.3 Å². The molecule has 30 heavy (non-hydrogen) atoms. The van der Waals surface area contributed by atoms with Gasteiger partial charge in [0.2, 0.25) is 0 Å². The molecule has 0 saturated carbocycles. The van der Waals surface area contributed by atoms with E-state index < -0.39 is 6.43 Å². The summed E-state index contributed by atoms with van der Waals surface area (Å²) in [7, 11) is 0. The third-order valence-corrected chi connectivity index (χ3v) is 5.98. The van der Waals surface area contributed by atoms with E-state index in [0.29, 0.717) is 11.2 Å². The van der Waals surface area contributed by atoms with E-state index in [4.69, 9.17) is 5.73 Å². The highest BCUT2D eigenvalue weighted by Crippen LogP contribution is 2.35. The number of benzene rings is 1. The third-order valence-electron chi connectivity index (χ3n) is 5.98. The van der Waals surface area contributed by atoms with E-state index in [2.05, 4.69) is 25.6 Å². The molecule has 7 heteroatoms. The average Bonchev–Trinajstić information content (AvgIpc) is 3.39. The van der Waals surface area contributed by atoms with Crippen molar-refractivity contribution >= 4 is 27.6 Å². The first kappa shape index (κ1) is 18.7. The van der Waals surface area contributed by atoms with E-state index in [1.165, 1.54) is 11.9 Å². The smallest absolute Gasteiger partial charge is 0.264 e. The normalized spacial score (nSPS) is 16.6. The second-order valence-corrected chi connectivity index (χ2v) is 7.69. The van der Waals surface area contributed by atoms with E-state index in [1.807, 2.05) is 18.3 Å². The summed E-state index contributed by atoms with van der Waals surface area (Å²) in [4.78, 5) is 12.6. The van der Waals surface area contributed by atoms with Gasteiger partial charge in [-0.25, -0.2) is 18.7 Å². The molecule has 4 aromatic rings. The van der Waals surface area contributed by atoms with Crippen LogP contribution < -0.4 is 5.73 Å². The van der Waals surface area contributed by atoms with Gasteiger partial charge in [-0.05, 0) is 48.8 Å². The van der Waals surface area contributed by atoms with Crippen LogP contribution in [0, 0.1) is 0 Å². The second kappa shape index (κ2) is 7.48. The van der Waals surface area contributed by atoms with E-state index in [-0.39, 0.29) is 11.6 Å². The van der Waals surface area contributed by atoms with Crippen LogP contribution in [-0.2, 0) is 6.42 Å². The number of halogens is 2. The van der Waals surface area contributed by atoms with E-state index >= 15 is 0 Å². The Hall–Kier alpha value is -3.35. The first-order valence-electron chi connectivity index (χ1n) is 10.0. The molecule has 0 amide bonds. The molecular formula is C23H21F2N5. The Kier molecular flexibility index (Phi) is 4.65. The number of aromatic nitrogens is 4. The molecule has 1 atom stereocenters. The number of pyridine rings is 1. The third kappa shape index (κ3) is 3.20. The Balaban J connectivity index is 1.37. The lowest BCUT2D eigenvalue weighted by atomic mass is 9.97. The molecule has 0 saturated heterocycles. The summed E-state index contributed by atoms with van der Waals surface area (Å²) >= 11 is 0. The zero-order chi connectivity index (χ0) is 20.7. The maximum absolute atomic E-state index is 13.3. The molecule has 3 heterocycles. The van der Waals surface area contributed by atoms with Crippen LogP contribution in [-0.4, -0.2) is 19.5 Å². The van der Waals surface area contributed by atoms with Crippen molar-refractivity contribution in [2.24, 2.45) is 0 Å². The molecule has 1 aromatic carbocycles. The van der Waals surface area contributed by atoms with Gasteiger partial charge in [0, 0.05) is 29.5 Å². The largest absolute Gasteiger partial charge is 0.383 e. The van der Waals surface area contributed by atoms with Crippen molar-refractivity contribution < 1.29 is 8.78 Å². The molecule has 1 aliphatic carbocycles. The minimum Gasteiger partial charge on any atom is -0.383 e. The summed E-state index contributed by atoms with van der Waals surface area (Å²) in [6.07, 6.45) is 10.3. The van der Waals surface area contributed by atoms with Gasteiger partial charge in [-0.1, -0.05) is 23.8 Å². The first-order chi connectivity index (χ1) is 14.6. The van der Waals surface area contributed by atoms with Crippen molar-refractivity contribution in [3.63, 3.8) is 0 Å². The quantitative estimate of drug-likeness (QED) is 0.452. The van der Waals surface area contributed by atoms with Crippen LogP contribution in [0.15, 0.2) is 60.8 Å². The maximum Gasteiger partial charge on any atom is 0.264 e. The van der Waals surface area contributed by atoms with E-state index in [0.717, 1.165) is 47.7 Å². The lowest BCUT2D eigenvalue weighted by molar-refractivity contribution is 0.153. The van der Waals surface area contributed by atoms with Crippen molar-refractivity contribution in [1.82, 2.24) is 19.5 Å². The average molecular weight is 405 g/mol. The number of alkyl halides is 2. The number of aryl methyl sites for hydroxylation is 1. The molecule has 0 bridgehead atoms. The van der Waals surface area contributed by atoms with Crippen molar-refractivity contribution in [1.29, 1.82) is 0 Å². The van der Waals surface area contributed by atoms with Gasteiger partial charge in [0.25, 0.3) is 6.43 Å². The fourth-order valence-corrected chi connectivity index (χ4v) is 4.43. The molecule has 2 N–H and O–H groups in total. The predicted octanol–water partition coefficient (Wildman–Crippen LogP) is 5.39. The summed E-state index contributed by atoms with van der Waals surface area (Å²) in [5, 5.41) is 2.28. The van der Waals surface area contributed by atoms with Gasteiger partial charge >= 0.3 is 0 Å². The van der Waals surface area contributed by atoms with Gasteiger partial charge in [-0.3, -0.25) is 4.98 Å². The number of fused-ring (bicyclic) bond motifs is 2. The molecule has 152 valence electrons. The lowest BCUT2D eigenvalue weighted by Crippen LogP contribution is -2.03. The Labute approximate surface area is 172 Å². The van der Waals surface area contributed by atoms with Gasteiger partial charge in [-0.15, -0.1) is 0 Å². The fraction of sp³-hybridized carbons (Fsp3) is 0.261. The van der Waals surface area contributed by atoms with Crippen LogP contribution in [0.5, 0.6) is 0 Å². The summed E-state index contributed by atoms with van der Waals surface area (Å²) in [5.41, 5.74) is 9.30. The predicted molar refractivity (Wildman–Crippen MR) is 113 cm³/mol. The monoisotopic (exact) mass is 405 g/mol. The van der Waals surface area contributed by atoms with Crippen molar-refractivity contribution in [2.75, 3.05) is 5.73 Å². The zero-order valence-corrected chi connectivity index (χ0v) is 16.3. The fourth-order valence-electron chi connectivity index (χ4n) is 4.43. The Bertz CT molecular complexity index is 1260. The molecule has 0 radical (unpaired) electrons. The molecule has 0 spiro atoms. The molecule has 0 aliphatic heterocycles. The summed E-state index contributed by atoms with van der Waals surface area (Å²) in [6.45, 7) is 0. The van der Waals surface area contributed by atoms with Crippen LogP contribution in [0.3, 0.4) is 0 Å². The van der Waals surface area contributed by atoms with Crippen LogP contribution in [0.4, 0.5) is 14.6 Å². The molecule has 5 nitrogen and oxygen atoms in total. The van der Waals surface area contributed by atoms with Gasteiger partial charge in [0.1, 0.15) is 17.8 Å². The number of hydrogen-bond donors (Lipinski definition) is 1. The molecule has 5 rings (SSSR count). The van der Waals surface area contributed by atoms with Crippen LogP contribution in [0.25, 0.3) is 21.8 Å². The first-order valence-corrected chi connectivity index (χ1v) is 10.0. The highest BCUT2D eigenvalue weighted by molar-refractivity contribution is 5.88. The van der Waals surface area contributed by atoms with Crippen molar-refractivity contribution in [2.45, 2.75) is 38.2 Å². The van der Waals surface area contributed by atoms with Crippen LogP contribution in [0.2, 0.25) is 0 Å². The van der Waals surface area contributed by atoms with Crippen molar-refractivity contribution in [3.05, 3.63) is 72.0 Å². The highest BCUT2D eigenvalue weighted by Gasteiger charge is 2.20. The summed E-state index contributed by atoms with van der Waals surface area (Å²) in [5.74, 6) is 0.494. The number of nitrogens with zero attached hydrogens (tertiary/aromatic N) is 4. The van der Waals surface area contributed by atoms with Crippen LogP contribution in [0.1, 0.15) is 42.9 Å². The molecule has 3 aromatic heterocycles. The number of rotatable bonds is 5. The Morgan fingerprint density at radius 2 is 1.97 bits per heavy atom. The number of nitrogens with two attached hydrogens (primary N) is 1. The standard InChI is InChI=1S/C23H21F2N5/c24-21(25)18-6-4-15(20-12-27-9-7-17(18)20)3-1-14-2-5-16(11-14)30-10-8-19-22(26)28-13-29-23(19)30/h4,6-13,16,21H,1-3,5H2,(H2,26,28,29)/t16-/m0/s1. The number of allylic oxidation sites excluding steroid dienone is 2. The number of hydrogen-bond acceptors (Lipinski definition) is 4. The van der Waals surface area contributed by atoms with Gasteiger partial charge in [0.15, 0.2) is 0 Å². The summed E-state index contributed by atoms with van der Waals surface area (Å²) in [6, 6.07) is 7.24. The minimum atomic E-state index is -2.49. The number of anilines is 1. The molecular weight excluding hydrogens is 384 g/mol. The van der Waals surface area contributed by atoms with Gasteiger partial charge in [0.05, 0.1) is 11.4 Å². The Morgan fingerprint density at radius 3 is 2.83 bits per heavy atom. The lowest BCUT2D eigenvalue weighted by Gasteiger charge is -2.11. The number of nitrogen functional groups attached to an aromatic ring is 1. The second-order valence-electron chi connectivity index (χ2n) is 7.69. The SMILES string of the molecule is Nc1ncnc2c1ccn2[C@@H]1C=C(CCc2ccc(C(F)F)c3ccncc23)CC1. The Morgan fingerprint density at radius 1 is 1.07 bits per heavy atom. The zero-order valence-electron chi connectivity index (χ0n) is 16.3. The van der Waals surface area contributed by atoms with Crippen LogP contribution >= 0.6 is 0 Å². The molecule has 0 unspecified atom stereocenters. The van der Waals surface area contributed by atoms with E-state index in [9.17, 15) is 8.78 Å². The molecule has 1 aliphatic rings.